The van der Waals surface area contributed by atoms with Crippen LogP contribution in [0.2, 0.25) is 5.02 Å². The number of hydrogen-bond donors (Lipinski definition) is 0. The van der Waals surface area contributed by atoms with Gasteiger partial charge in [0.05, 0.1) is 10.2 Å². The van der Waals surface area contributed by atoms with Gasteiger partial charge in [-0.2, -0.15) is 0 Å². The lowest BCUT2D eigenvalue weighted by molar-refractivity contribution is 0.0985. The van der Waals surface area contributed by atoms with Gasteiger partial charge in [0.25, 0.3) is 5.91 Å². The van der Waals surface area contributed by atoms with Crippen LogP contribution in [0.15, 0.2) is 42.5 Å². The Morgan fingerprint density at radius 2 is 1.92 bits per heavy atom. The number of thiazole rings is 1. The van der Waals surface area contributed by atoms with Crippen LogP contribution >= 0.6 is 35.3 Å². The molecule has 0 aliphatic heterocycles. The zero-order valence-corrected chi connectivity index (χ0v) is 17.3. The lowest BCUT2D eigenvalue weighted by Gasteiger charge is -2.22. The van der Waals surface area contributed by atoms with Crippen molar-refractivity contribution in [1.29, 1.82) is 0 Å². The molecule has 0 aliphatic carbocycles. The zero-order valence-electron chi connectivity index (χ0n) is 14.9. The maximum atomic E-state index is 13.1. The van der Waals surface area contributed by atoms with Crippen LogP contribution in [0, 0.1) is 6.92 Å². The van der Waals surface area contributed by atoms with Crippen LogP contribution in [0.3, 0.4) is 0 Å². The second kappa shape index (κ2) is 8.82. The number of carbonyl (C=O) groups excluding carboxylic acids is 1. The van der Waals surface area contributed by atoms with Crippen molar-refractivity contribution in [2.24, 2.45) is 0 Å². The number of benzene rings is 2. The Balaban J connectivity index is 0.00000243. The van der Waals surface area contributed by atoms with Gasteiger partial charge in [0, 0.05) is 23.7 Å². The molecule has 26 heavy (non-hydrogen) atoms. The van der Waals surface area contributed by atoms with E-state index in [-0.39, 0.29) is 18.3 Å². The molecule has 1 heterocycles. The van der Waals surface area contributed by atoms with Gasteiger partial charge in [-0.15, -0.1) is 12.4 Å². The number of halogens is 2. The molecule has 7 heteroatoms. The second-order valence-electron chi connectivity index (χ2n) is 6.24. The Kier molecular flexibility index (Phi) is 7.01. The Morgan fingerprint density at radius 3 is 2.62 bits per heavy atom. The molecule has 3 rings (SSSR count). The standard InChI is InChI=1S/C19H20ClN3OS.ClH/c1-13-7-8-16-17(11-13)25-19(21-16)23(10-9-22(2)3)18(24)14-5-4-6-15(20)12-14;/h4-8,11-12H,9-10H2,1-3H3;1H. The Hall–Kier alpha value is -1.66. The molecule has 4 nitrogen and oxygen atoms in total. The van der Waals surface area contributed by atoms with Gasteiger partial charge >= 0.3 is 0 Å². The Morgan fingerprint density at radius 1 is 1.15 bits per heavy atom. The first kappa shape index (κ1) is 20.6. The highest BCUT2D eigenvalue weighted by Gasteiger charge is 2.21. The monoisotopic (exact) mass is 409 g/mol. The average molecular weight is 410 g/mol. The molecule has 0 saturated heterocycles. The van der Waals surface area contributed by atoms with Crippen molar-refractivity contribution in [2.75, 3.05) is 32.1 Å². The topological polar surface area (TPSA) is 36.4 Å². The van der Waals surface area contributed by atoms with E-state index in [1.54, 1.807) is 40.5 Å². The first-order chi connectivity index (χ1) is 11.9. The van der Waals surface area contributed by atoms with E-state index in [0.29, 0.717) is 22.3 Å². The van der Waals surface area contributed by atoms with Gasteiger partial charge in [-0.3, -0.25) is 9.69 Å². The molecule has 1 amide bonds. The normalized spacial score (nSPS) is 10.8. The first-order valence-electron chi connectivity index (χ1n) is 8.03. The zero-order chi connectivity index (χ0) is 18.0. The SMILES string of the molecule is Cc1ccc2nc(N(CCN(C)C)C(=O)c3cccc(Cl)c3)sc2c1.Cl. The number of hydrogen-bond acceptors (Lipinski definition) is 4. The molecule has 138 valence electrons. The summed E-state index contributed by atoms with van der Waals surface area (Å²) in [5.74, 6) is -0.0832. The van der Waals surface area contributed by atoms with E-state index in [4.69, 9.17) is 11.6 Å². The van der Waals surface area contributed by atoms with Crippen molar-refractivity contribution in [3.8, 4) is 0 Å². The molecule has 0 aliphatic rings. The third kappa shape index (κ3) is 4.74. The molecule has 1 aromatic heterocycles. The smallest absolute Gasteiger partial charge is 0.260 e. The lowest BCUT2D eigenvalue weighted by Crippen LogP contribution is -2.36. The molecule has 0 spiro atoms. The summed E-state index contributed by atoms with van der Waals surface area (Å²) in [5, 5.41) is 1.27. The highest BCUT2D eigenvalue weighted by Crippen LogP contribution is 2.30. The van der Waals surface area contributed by atoms with Crippen molar-refractivity contribution in [2.45, 2.75) is 6.92 Å². The van der Waals surface area contributed by atoms with Crippen molar-refractivity contribution in [3.05, 3.63) is 58.6 Å². The first-order valence-corrected chi connectivity index (χ1v) is 9.23. The number of nitrogens with zero attached hydrogens (tertiary/aromatic N) is 3. The van der Waals surface area contributed by atoms with Crippen molar-refractivity contribution >= 4 is 56.6 Å². The fraction of sp³-hybridized carbons (Fsp3) is 0.263. The summed E-state index contributed by atoms with van der Waals surface area (Å²) >= 11 is 7.60. The molecule has 0 saturated carbocycles. The highest BCUT2D eigenvalue weighted by atomic mass is 35.5. The van der Waals surface area contributed by atoms with E-state index in [9.17, 15) is 4.79 Å². The van der Waals surface area contributed by atoms with E-state index in [1.807, 2.05) is 26.2 Å². The summed E-state index contributed by atoms with van der Waals surface area (Å²) in [6, 6.07) is 13.2. The van der Waals surface area contributed by atoms with Crippen LogP contribution in [-0.2, 0) is 0 Å². The lowest BCUT2D eigenvalue weighted by atomic mass is 10.2. The minimum absolute atomic E-state index is 0. The number of fused-ring (bicyclic) bond motifs is 1. The number of amides is 1. The molecule has 0 fully saturated rings. The molecule has 0 atom stereocenters. The number of aryl methyl sites for hydroxylation is 1. The molecule has 0 N–H and O–H groups in total. The van der Waals surface area contributed by atoms with Gasteiger partial charge in [0.2, 0.25) is 0 Å². The van der Waals surface area contributed by atoms with E-state index in [1.165, 1.54) is 5.56 Å². The van der Waals surface area contributed by atoms with Gasteiger partial charge < -0.3 is 4.90 Å². The predicted molar refractivity (Wildman–Crippen MR) is 113 cm³/mol. The van der Waals surface area contributed by atoms with Gasteiger partial charge in [-0.25, -0.2) is 4.98 Å². The molecule has 0 radical (unpaired) electrons. The van der Waals surface area contributed by atoms with Crippen molar-refractivity contribution < 1.29 is 4.79 Å². The van der Waals surface area contributed by atoms with Gasteiger partial charge in [0.1, 0.15) is 0 Å². The molecular formula is C19H21Cl2N3OS. The fourth-order valence-electron chi connectivity index (χ4n) is 2.50. The van der Waals surface area contributed by atoms with Crippen LogP contribution in [-0.4, -0.2) is 43.0 Å². The van der Waals surface area contributed by atoms with Crippen LogP contribution in [0.5, 0.6) is 0 Å². The van der Waals surface area contributed by atoms with Crippen LogP contribution in [0.4, 0.5) is 5.13 Å². The largest absolute Gasteiger partial charge is 0.308 e. The summed E-state index contributed by atoms with van der Waals surface area (Å²) in [6.07, 6.45) is 0. The Bertz CT molecular complexity index is 911. The van der Waals surface area contributed by atoms with Gasteiger partial charge in [0.15, 0.2) is 5.13 Å². The molecule has 0 unspecified atom stereocenters. The minimum atomic E-state index is -0.0832. The third-order valence-electron chi connectivity index (χ3n) is 3.85. The van der Waals surface area contributed by atoms with E-state index < -0.39 is 0 Å². The maximum absolute atomic E-state index is 13.1. The van der Waals surface area contributed by atoms with E-state index >= 15 is 0 Å². The second-order valence-corrected chi connectivity index (χ2v) is 7.68. The number of aromatic nitrogens is 1. The number of rotatable bonds is 5. The maximum Gasteiger partial charge on any atom is 0.260 e. The number of anilines is 1. The molecular weight excluding hydrogens is 389 g/mol. The average Bonchev–Trinajstić information content (AvgIpc) is 2.97. The summed E-state index contributed by atoms with van der Waals surface area (Å²) < 4.78 is 1.09. The van der Waals surface area contributed by atoms with Gasteiger partial charge in [-0.1, -0.05) is 35.1 Å². The summed E-state index contributed by atoms with van der Waals surface area (Å²) in [6.45, 7) is 3.37. The Labute approximate surface area is 168 Å². The van der Waals surface area contributed by atoms with Crippen LogP contribution in [0.25, 0.3) is 10.2 Å². The van der Waals surface area contributed by atoms with E-state index in [2.05, 4.69) is 22.9 Å². The van der Waals surface area contributed by atoms with Crippen molar-refractivity contribution in [3.63, 3.8) is 0 Å². The number of likely N-dealkylation sites (N-methyl/N-ethyl adjacent to an activating group) is 1. The van der Waals surface area contributed by atoms with Crippen LogP contribution < -0.4 is 4.90 Å². The minimum Gasteiger partial charge on any atom is -0.308 e. The van der Waals surface area contributed by atoms with Crippen LogP contribution in [0.1, 0.15) is 15.9 Å². The summed E-state index contributed by atoms with van der Waals surface area (Å²) in [5.41, 5.74) is 2.67. The predicted octanol–water partition coefficient (Wildman–Crippen LogP) is 4.89. The van der Waals surface area contributed by atoms with Gasteiger partial charge in [-0.05, 0) is 56.9 Å². The third-order valence-corrected chi connectivity index (χ3v) is 5.13. The highest BCUT2D eigenvalue weighted by molar-refractivity contribution is 7.22. The molecule has 2 aromatic carbocycles. The fourth-order valence-corrected chi connectivity index (χ4v) is 3.77. The van der Waals surface area contributed by atoms with E-state index in [0.717, 1.165) is 16.8 Å². The number of carbonyl (C=O) groups is 1. The summed E-state index contributed by atoms with van der Waals surface area (Å²) in [7, 11) is 3.98. The quantitative estimate of drug-likeness (QED) is 0.601. The molecule has 0 bridgehead atoms. The summed E-state index contributed by atoms with van der Waals surface area (Å²) in [4.78, 5) is 21.5. The molecule has 3 aromatic rings. The van der Waals surface area contributed by atoms with Crippen molar-refractivity contribution in [1.82, 2.24) is 9.88 Å².